The number of carbonyl (C=O) groups excluding carboxylic acids is 1. The fraction of sp³-hybridized carbons (Fsp3) is 0.375. The number of ether oxygens (including phenoxy) is 1. The number of morpholine rings is 1. The van der Waals surface area contributed by atoms with Crippen molar-refractivity contribution in [3.63, 3.8) is 0 Å². The quantitative estimate of drug-likeness (QED) is 0.628. The van der Waals surface area contributed by atoms with Gasteiger partial charge in [-0.15, -0.1) is 0 Å². The third-order valence-electron chi connectivity index (χ3n) is 5.89. The van der Waals surface area contributed by atoms with Gasteiger partial charge >= 0.3 is 0 Å². The van der Waals surface area contributed by atoms with Gasteiger partial charge in [-0.3, -0.25) is 4.79 Å². The topological polar surface area (TPSA) is 88.8 Å². The average Bonchev–Trinajstić information content (AvgIpc) is 3.04. The summed E-state index contributed by atoms with van der Waals surface area (Å²) in [5.41, 5.74) is 4.17. The van der Waals surface area contributed by atoms with Crippen molar-refractivity contribution in [2.24, 2.45) is 0 Å². The lowest BCUT2D eigenvalue weighted by Crippen LogP contribution is -2.48. The maximum absolute atomic E-state index is 13.0. The number of sulfonamides is 1. The molecule has 1 aromatic heterocycles. The first-order chi connectivity index (χ1) is 15.1. The average molecular weight is 457 g/mol. The van der Waals surface area contributed by atoms with E-state index >= 15 is 0 Å². The Kier molecular flexibility index (Phi) is 5.87. The monoisotopic (exact) mass is 456 g/mol. The molecule has 2 unspecified atom stereocenters. The van der Waals surface area contributed by atoms with E-state index in [1.54, 1.807) is 12.1 Å². The maximum Gasteiger partial charge on any atom is 0.291 e. The van der Waals surface area contributed by atoms with Gasteiger partial charge in [0.15, 0.2) is 5.76 Å². The summed E-state index contributed by atoms with van der Waals surface area (Å²) in [4.78, 5) is 13.0. The first-order valence-corrected chi connectivity index (χ1v) is 12.1. The molecule has 1 amide bonds. The summed E-state index contributed by atoms with van der Waals surface area (Å²) in [7, 11) is -3.64. The minimum absolute atomic E-state index is 0.160. The van der Waals surface area contributed by atoms with Gasteiger partial charge in [0, 0.05) is 29.7 Å². The van der Waals surface area contributed by atoms with E-state index in [9.17, 15) is 13.2 Å². The van der Waals surface area contributed by atoms with E-state index in [1.807, 2.05) is 46.8 Å². The highest BCUT2D eigenvalue weighted by Crippen LogP contribution is 2.29. The van der Waals surface area contributed by atoms with Crippen molar-refractivity contribution in [2.45, 2.75) is 51.7 Å². The molecule has 7 nitrogen and oxygen atoms in total. The SMILES string of the molecule is Cc1cc2oc(C(=O)Nc3ccc(S(=O)(=O)N4CC(C)OC(C)C4)cc3)c(C)c2cc1C. The number of nitrogens with zero attached hydrogens (tertiary/aromatic N) is 1. The lowest BCUT2D eigenvalue weighted by atomic mass is 10.1. The smallest absolute Gasteiger partial charge is 0.291 e. The van der Waals surface area contributed by atoms with Gasteiger partial charge in [0.25, 0.3) is 5.91 Å². The molecule has 0 aliphatic carbocycles. The molecule has 3 aromatic rings. The van der Waals surface area contributed by atoms with Crippen LogP contribution >= 0.6 is 0 Å². The van der Waals surface area contributed by atoms with Crippen LogP contribution in [0.1, 0.15) is 41.1 Å². The molecule has 2 atom stereocenters. The molecule has 0 radical (unpaired) electrons. The van der Waals surface area contributed by atoms with Crippen LogP contribution < -0.4 is 5.32 Å². The van der Waals surface area contributed by atoms with E-state index in [-0.39, 0.29) is 28.8 Å². The summed E-state index contributed by atoms with van der Waals surface area (Å²) in [5, 5.41) is 3.71. The lowest BCUT2D eigenvalue weighted by Gasteiger charge is -2.34. The highest BCUT2D eigenvalue weighted by atomic mass is 32.2. The van der Waals surface area contributed by atoms with Crippen LogP contribution in [0.2, 0.25) is 0 Å². The molecule has 2 heterocycles. The minimum Gasteiger partial charge on any atom is -0.451 e. The highest BCUT2D eigenvalue weighted by molar-refractivity contribution is 7.89. The predicted octanol–water partition coefficient (Wildman–Crippen LogP) is 4.41. The molecule has 4 rings (SSSR count). The van der Waals surface area contributed by atoms with Crippen LogP contribution in [0.5, 0.6) is 0 Å². The zero-order valence-electron chi connectivity index (χ0n) is 18.9. The second-order valence-corrected chi connectivity index (χ2v) is 10.5. The van der Waals surface area contributed by atoms with Gasteiger partial charge in [-0.25, -0.2) is 8.42 Å². The van der Waals surface area contributed by atoms with Gasteiger partial charge in [-0.1, -0.05) is 0 Å². The molecule has 0 saturated carbocycles. The van der Waals surface area contributed by atoms with Crippen molar-refractivity contribution in [3.05, 3.63) is 58.8 Å². The first-order valence-electron chi connectivity index (χ1n) is 10.6. The van der Waals surface area contributed by atoms with Gasteiger partial charge in [0.1, 0.15) is 5.58 Å². The van der Waals surface area contributed by atoms with Crippen LogP contribution in [0.15, 0.2) is 45.7 Å². The van der Waals surface area contributed by atoms with Gasteiger partial charge in [0.05, 0.1) is 17.1 Å². The van der Waals surface area contributed by atoms with Gasteiger partial charge < -0.3 is 14.5 Å². The van der Waals surface area contributed by atoms with Crippen molar-refractivity contribution in [1.29, 1.82) is 0 Å². The van der Waals surface area contributed by atoms with Crippen LogP contribution in [0.4, 0.5) is 5.69 Å². The van der Waals surface area contributed by atoms with E-state index in [2.05, 4.69) is 5.32 Å². The normalized spacial score (nSPS) is 19.9. The Morgan fingerprint density at radius 2 is 1.59 bits per heavy atom. The molecular formula is C24H28N2O5S. The first kappa shape index (κ1) is 22.5. The van der Waals surface area contributed by atoms with Gasteiger partial charge in [0.2, 0.25) is 10.0 Å². The molecular weight excluding hydrogens is 428 g/mol. The number of furan rings is 1. The highest BCUT2D eigenvalue weighted by Gasteiger charge is 2.32. The second kappa shape index (κ2) is 8.35. The Labute approximate surface area is 188 Å². The van der Waals surface area contributed by atoms with Gasteiger partial charge in [-0.2, -0.15) is 4.31 Å². The fourth-order valence-electron chi connectivity index (χ4n) is 4.07. The van der Waals surface area contributed by atoms with Crippen molar-refractivity contribution in [1.82, 2.24) is 4.31 Å². The number of anilines is 1. The number of nitrogens with one attached hydrogen (secondary N) is 1. The van der Waals surface area contributed by atoms with E-state index in [4.69, 9.17) is 9.15 Å². The summed E-state index contributed by atoms with van der Waals surface area (Å²) in [5.74, 6) is -0.126. The number of rotatable bonds is 4. The Morgan fingerprint density at radius 3 is 2.22 bits per heavy atom. The van der Waals surface area contributed by atoms with Crippen LogP contribution in [-0.4, -0.2) is 43.9 Å². The number of fused-ring (bicyclic) bond motifs is 1. The lowest BCUT2D eigenvalue weighted by molar-refractivity contribution is -0.0440. The standard InChI is InChI=1S/C24H28N2O5S/c1-14-10-21-18(5)23(31-22(21)11-15(14)2)24(27)25-19-6-8-20(9-7-19)32(28,29)26-12-16(3)30-17(4)13-26/h6-11,16-17H,12-13H2,1-5H3,(H,25,27). The van der Waals surface area contributed by atoms with E-state index < -0.39 is 10.0 Å². The Balaban J connectivity index is 1.53. The number of hydrogen-bond donors (Lipinski definition) is 1. The summed E-state index contributed by atoms with van der Waals surface area (Å²) in [6.07, 6.45) is -0.321. The molecule has 1 N–H and O–H groups in total. The summed E-state index contributed by atoms with van der Waals surface area (Å²) in [6.45, 7) is 10.2. The molecule has 2 aromatic carbocycles. The zero-order valence-corrected chi connectivity index (χ0v) is 19.7. The molecule has 170 valence electrons. The molecule has 1 aliphatic heterocycles. The summed E-state index contributed by atoms with van der Waals surface area (Å²) < 4.78 is 38.9. The molecule has 1 aliphatic rings. The predicted molar refractivity (Wildman–Crippen MR) is 124 cm³/mol. The third kappa shape index (κ3) is 4.18. The third-order valence-corrected chi connectivity index (χ3v) is 7.74. The van der Waals surface area contributed by atoms with Gasteiger partial charge in [-0.05, 0) is 82.1 Å². The molecule has 32 heavy (non-hydrogen) atoms. The molecule has 8 heteroatoms. The number of hydrogen-bond acceptors (Lipinski definition) is 5. The number of benzene rings is 2. The maximum atomic E-state index is 13.0. The van der Waals surface area contributed by atoms with E-state index in [0.29, 0.717) is 24.4 Å². The molecule has 0 bridgehead atoms. The van der Waals surface area contributed by atoms with E-state index in [0.717, 1.165) is 22.1 Å². The molecule has 0 spiro atoms. The molecule has 1 saturated heterocycles. The zero-order chi connectivity index (χ0) is 23.2. The summed E-state index contributed by atoms with van der Waals surface area (Å²) in [6, 6.07) is 10.1. The van der Waals surface area contributed by atoms with Crippen molar-refractivity contribution < 1.29 is 22.4 Å². The molecule has 1 fully saturated rings. The van der Waals surface area contributed by atoms with Crippen LogP contribution in [0, 0.1) is 20.8 Å². The van der Waals surface area contributed by atoms with Crippen LogP contribution in [0.3, 0.4) is 0 Å². The number of carbonyl (C=O) groups is 1. The Morgan fingerprint density at radius 1 is 1.00 bits per heavy atom. The fourth-order valence-corrected chi connectivity index (χ4v) is 5.66. The van der Waals surface area contributed by atoms with E-state index in [1.165, 1.54) is 16.4 Å². The largest absolute Gasteiger partial charge is 0.451 e. The Hall–Kier alpha value is -2.68. The number of amides is 1. The van der Waals surface area contributed by atoms with Crippen molar-refractivity contribution >= 4 is 32.6 Å². The second-order valence-electron chi connectivity index (χ2n) is 8.55. The van der Waals surface area contributed by atoms with Crippen molar-refractivity contribution in [2.75, 3.05) is 18.4 Å². The Bertz CT molecular complexity index is 1270. The summed E-state index contributed by atoms with van der Waals surface area (Å²) >= 11 is 0. The minimum atomic E-state index is -3.64. The number of aryl methyl sites for hydroxylation is 3. The van der Waals surface area contributed by atoms with Crippen LogP contribution in [-0.2, 0) is 14.8 Å². The van der Waals surface area contributed by atoms with Crippen molar-refractivity contribution in [3.8, 4) is 0 Å². The van der Waals surface area contributed by atoms with Crippen LogP contribution in [0.25, 0.3) is 11.0 Å².